The molecule has 0 heterocycles. The Morgan fingerprint density at radius 1 is 0.833 bits per heavy atom. The van der Waals surface area contributed by atoms with E-state index < -0.39 is 79.1 Å². The van der Waals surface area contributed by atoms with Crippen LogP contribution >= 0.6 is 0 Å². The van der Waals surface area contributed by atoms with Crippen LogP contribution in [0.15, 0.2) is 24.3 Å². The van der Waals surface area contributed by atoms with Gasteiger partial charge in [0, 0.05) is 5.69 Å². The summed E-state index contributed by atoms with van der Waals surface area (Å²) in [4.78, 5) is 58.8. The highest BCUT2D eigenvalue weighted by atomic mass is 16.4. The van der Waals surface area contributed by atoms with E-state index in [1.54, 1.807) is 31.2 Å². The van der Waals surface area contributed by atoms with Gasteiger partial charge in [-0.1, -0.05) is 12.1 Å². The maximum Gasteiger partial charge on any atom is 0.359 e. The van der Waals surface area contributed by atoms with E-state index in [4.69, 9.17) is 10.8 Å². The van der Waals surface area contributed by atoms with Crippen molar-refractivity contribution in [1.29, 1.82) is 0 Å². The second-order valence-electron chi connectivity index (χ2n) is 8.78. The fourth-order valence-electron chi connectivity index (χ4n) is 4.21. The van der Waals surface area contributed by atoms with Crippen LogP contribution in [-0.4, -0.2) is 123 Å². The molecule has 0 amide bonds. The van der Waals surface area contributed by atoms with Gasteiger partial charge in [0.2, 0.25) is 0 Å². The summed E-state index contributed by atoms with van der Waals surface area (Å²) in [6.07, 6.45) is 0.0804. The van der Waals surface area contributed by atoms with E-state index in [9.17, 15) is 44.4 Å². The first kappa shape index (κ1) is 30.3. The molecular formula is C22H33N4O10+. The van der Waals surface area contributed by atoms with Crippen molar-refractivity contribution in [3.8, 4) is 0 Å². The average molecular weight is 514 g/mol. The van der Waals surface area contributed by atoms with Crippen LogP contribution in [0.25, 0.3) is 0 Å². The molecule has 0 aliphatic carbocycles. The molecule has 0 saturated carbocycles. The van der Waals surface area contributed by atoms with Gasteiger partial charge in [-0.05, 0) is 31.0 Å². The molecule has 1 aromatic rings. The minimum atomic E-state index is -1.32. The Bertz CT molecular complexity index is 905. The van der Waals surface area contributed by atoms with Crippen LogP contribution in [0.5, 0.6) is 0 Å². The molecule has 14 nitrogen and oxygen atoms in total. The highest BCUT2D eigenvalue weighted by Crippen LogP contribution is 2.19. The highest BCUT2D eigenvalue weighted by molar-refractivity contribution is 5.73. The lowest BCUT2D eigenvalue weighted by molar-refractivity contribution is -0.917. The first-order chi connectivity index (χ1) is 16.7. The number of aliphatic carboxylic acids is 5. The molecule has 2 atom stereocenters. The molecule has 2 unspecified atom stereocenters. The van der Waals surface area contributed by atoms with E-state index in [1.807, 2.05) is 0 Å². The van der Waals surface area contributed by atoms with E-state index >= 15 is 0 Å². The Kier molecular flexibility index (Phi) is 11.7. The number of carboxylic acids is 5. The Balaban J connectivity index is 3.51. The van der Waals surface area contributed by atoms with Crippen molar-refractivity contribution in [3.05, 3.63) is 29.8 Å². The predicted octanol–water partition coefficient (Wildman–Crippen LogP) is -1.30. The molecule has 1 aromatic carbocycles. The molecule has 0 aliphatic rings. The molecule has 0 aromatic heterocycles. The fourth-order valence-corrected chi connectivity index (χ4v) is 4.21. The lowest BCUT2D eigenvalue weighted by Crippen LogP contribution is -2.64. The maximum absolute atomic E-state index is 11.8. The SMILES string of the molecule is CC(C[N+](CC(=O)O)(CC(=O)O)CC(Cc1ccc(N)cc1)N(CC(=O)O)CC(=O)O)NCC(=O)O. The molecule has 0 radical (unpaired) electrons. The monoisotopic (exact) mass is 513 g/mol. The van der Waals surface area contributed by atoms with Gasteiger partial charge in [0.05, 0.1) is 44.8 Å². The van der Waals surface area contributed by atoms with E-state index in [2.05, 4.69) is 5.32 Å². The molecule has 0 spiro atoms. The summed E-state index contributed by atoms with van der Waals surface area (Å²) >= 11 is 0. The third kappa shape index (κ3) is 11.6. The highest BCUT2D eigenvalue weighted by Gasteiger charge is 2.40. The Labute approximate surface area is 207 Å². The first-order valence-corrected chi connectivity index (χ1v) is 11.0. The van der Waals surface area contributed by atoms with Gasteiger partial charge in [0.25, 0.3) is 0 Å². The molecule has 1 rings (SSSR count). The molecule has 8 N–H and O–H groups in total. The summed E-state index contributed by atoms with van der Waals surface area (Å²) in [7, 11) is 0. The van der Waals surface area contributed by atoms with Gasteiger partial charge < -0.3 is 35.7 Å². The summed E-state index contributed by atoms with van der Waals surface area (Å²) in [5.41, 5.74) is 6.83. The zero-order chi connectivity index (χ0) is 27.5. The lowest BCUT2D eigenvalue weighted by Gasteiger charge is -2.42. The minimum absolute atomic E-state index is 0.0804. The van der Waals surface area contributed by atoms with Crippen molar-refractivity contribution in [3.63, 3.8) is 0 Å². The van der Waals surface area contributed by atoms with Crippen LogP contribution in [0, 0.1) is 0 Å². The van der Waals surface area contributed by atoms with E-state index in [0.717, 1.165) is 4.90 Å². The van der Waals surface area contributed by atoms with E-state index in [0.29, 0.717) is 11.3 Å². The van der Waals surface area contributed by atoms with Crippen molar-refractivity contribution in [2.75, 3.05) is 51.5 Å². The van der Waals surface area contributed by atoms with E-state index in [1.165, 1.54) is 0 Å². The number of anilines is 1. The van der Waals surface area contributed by atoms with E-state index in [-0.39, 0.29) is 19.5 Å². The number of carboxylic acid groups (broad SMARTS) is 5. The number of quaternary nitrogens is 1. The van der Waals surface area contributed by atoms with Crippen LogP contribution < -0.4 is 11.1 Å². The molecule has 0 bridgehead atoms. The molecule has 14 heteroatoms. The maximum atomic E-state index is 11.8. The topological polar surface area (TPSA) is 228 Å². The molecule has 200 valence electrons. The zero-order valence-electron chi connectivity index (χ0n) is 19.9. The fraction of sp³-hybridized carbons (Fsp3) is 0.500. The minimum Gasteiger partial charge on any atom is -0.480 e. The summed E-state index contributed by atoms with van der Waals surface area (Å²) in [5, 5.41) is 49.7. The van der Waals surface area contributed by atoms with Gasteiger partial charge in [-0.25, -0.2) is 9.59 Å². The van der Waals surface area contributed by atoms with Crippen LogP contribution in [0.4, 0.5) is 5.69 Å². The Hall–Kier alpha value is -3.75. The standard InChI is InChI=1S/C22H32N4O10/c1-14(24-7-18(27)28)10-26(12-21(33)34,13-22(35)36)11-17(6-15-2-4-16(23)5-3-15)25(8-19(29)30)9-20(31)32/h2-5,14,17,24H,6-13,23H2,1H3,(H4-,27,28,29,30,31,32,33,34,35,36)/p+1. The number of nitrogens with two attached hydrogens (primary N) is 1. The predicted molar refractivity (Wildman–Crippen MR) is 125 cm³/mol. The van der Waals surface area contributed by atoms with Gasteiger partial charge >= 0.3 is 29.8 Å². The number of rotatable bonds is 18. The van der Waals surface area contributed by atoms with Crippen molar-refractivity contribution >= 4 is 35.5 Å². The molecular weight excluding hydrogens is 480 g/mol. The number of hydrogen-bond donors (Lipinski definition) is 7. The quantitative estimate of drug-likeness (QED) is 0.0895. The lowest BCUT2D eigenvalue weighted by atomic mass is 10.0. The number of benzene rings is 1. The van der Waals surface area contributed by atoms with Crippen molar-refractivity contribution < 1.29 is 54.0 Å². The van der Waals surface area contributed by atoms with Crippen LogP contribution in [0.1, 0.15) is 12.5 Å². The zero-order valence-corrected chi connectivity index (χ0v) is 19.9. The molecule has 0 aliphatic heterocycles. The third-order valence-electron chi connectivity index (χ3n) is 5.45. The smallest absolute Gasteiger partial charge is 0.359 e. The summed E-state index contributed by atoms with van der Waals surface area (Å²) in [6.45, 7) is -1.94. The number of nitrogens with one attached hydrogen (secondary N) is 1. The van der Waals surface area contributed by atoms with Crippen molar-refractivity contribution in [1.82, 2.24) is 10.2 Å². The van der Waals surface area contributed by atoms with Gasteiger partial charge in [-0.3, -0.25) is 24.6 Å². The number of nitrogens with zero attached hydrogens (tertiary/aromatic N) is 2. The molecule has 0 saturated heterocycles. The van der Waals surface area contributed by atoms with Gasteiger partial charge in [0.1, 0.15) is 0 Å². The summed E-state index contributed by atoms with van der Waals surface area (Å²) in [5.74, 6) is -6.44. The second-order valence-corrected chi connectivity index (χ2v) is 8.78. The Morgan fingerprint density at radius 2 is 1.33 bits per heavy atom. The molecule has 0 fully saturated rings. The first-order valence-electron chi connectivity index (χ1n) is 11.0. The van der Waals surface area contributed by atoms with Gasteiger partial charge in [-0.2, -0.15) is 0 Å². The van der Waals surface area contributed by atoms with Crippen molar-refractivity contribution in [2.45, 2.75) is 25.4 Å². The van der Waals surface area contributed by atoms with Gasteiger partial charge in [-0.15, -0.1) is 0 Å². The van der Waals surface area contributed by atoms with Crippen LogP contribution in [-0.2, 0) is 30.4 Å². The number of carbonyl (C=O) groups is 5. The average Bonchev–Trinajstić information content (AvgIpc) is 2.71. The van der Waals surface area contributed by atoms with Gasteiger partial charge in [0.15, 0.2) is 13.1 Å². The van der Waals surface area contributed by atoms with Crippen LogP contribution in [0.2, 0.25) is 0 Å². The number of hydrogen-bond acceptors (Lipinski definition) is 8. The largest absolute Gasteiger partial charge is 0.480 e. The summed E-state index contributed by atoms with van der Waals surface area (Å²) < 4.78 is -0.589. The van der Waals surface area contributed by atoms with Crippen LogP contribution in [0.3, 0.4) is 0 Å². The van der Waals surface area contributed by atoms with Crippen molar-refractivity contribution in [2.24, 2.45) is 0 Å². The molecule has 36 heavy (non-hydrogen) atoms. The Morgan fingerprint density at radius 3 is 1.75 bits per heavy atom. The summed E-state index contributed by atoms with van der Waals surface area (Å²) in [6, 6.07) is 4.97. The third-order valence-corrected chi connectivity index (χ3v) is 5.45. The number of nitrogen functional groups attached to an aromatic ring is 1. The normalized spacial score (nSPS) is 13.2. The second kappa shape index (κ2) is 14.0.